The Morgan fingerprint density at radius 3 is 2.62 bits per heavy atom. The van der Waals surface area contributed by atoms with Gasteiger partial charge in [0.1, 0.15) is 0 Å². The van der Waals surface area contributed by atoms with Gasteiger partial charge in [0.25, 0.3) is 0 Å². The van der Waals surface area contributed by atoms with Crippen LogP contribution in [0.15, 0.2) is 0 Å². The Hall–Kier alpha value is -0.610. The molecule has 4 heteroatoms. The number of hydrogen-bond acceptors (Lipinski definition) is 3. The molecule has 0 radical (unpaired) electrons. The molecule has 2 heterocycles. The van der Waals surface area contributed by atoms with E-state index in [0.717, 1.165) is 32.2 Å². The highest BCUT2D eigenvalue weighted by Gasteiger charge is 2.29. The molecule has 0 saturated carbocycles. The largest absolute Gasteiger partial charge is 0.375 e. The highest BCUT2D eigenvalue weighted by atomic mass is 16.5. The molecule has 1 amide bonds. The smallest absolute Gasteiger partial charge is 0.237 e. The summed E-state index contributed by atoms with van der Waals surface area (Å²) in [5.74, 6) is 0.165. The van der Waals surface area contributed by atoms with Crippen molar-refractivity contribution in [3.63, 3.8) is 0 Å². The molecule has 2 rings (SSSR count). The zero-order chi connectivity index (χ0) is 11.5. The van der Waals surface area contributed by atoms with Gasteiger partial charge in [-0.15, -0.1) is 0 Å². The minimum atomic E-state index is 0.0104. The van der Waals surface area contributed by atoms with E-state index in [2.05, 4.69) is 24.5 Å². The first kappa shape index (κ1) is 11.9. The number of piperidine rings is 1. The van der Waals surface area contributed by atoms with Crippen molar-refractivity contribution in [2.45, 2.75) is 63.8 Å². The lowest BCUT2D eigenvalue weighted by Gasteiger charge is -2.35. The first-order valence-electron chi connectivity index (χ1n) is 6.34. The molecule has 16 heavy (non-hydrogen) atoms. The van der Waals surface area contributed by atoms with Crippen LogP contribution in [-0.4, -0.2) is 36.7 Å². The quantitative estimate of drug-likeness (QED) is 0.732. The topological polar surface area (TPSA) is 50.4 Å². The van der Waals surface area contributed by atoms with Crippen LogP contribution in [0.1, 0.15) is 39.5 Å². The third kappa shape index (κ3) is 2.95. The van der Waals surface area contributed by atoms with E-state index in [0.29, 0.717) is 18.2 Å². The highest BCUT2D eigenvalue weighted by Crippen LogP contribution is 2.20. The number of carbonyl (C=O) groups excluding carboxylic acids is 1. The maximum atomic E-state index is 11.6. The molecule has 0 aromatic carbocycles. The molecule has 2 aliphatic rings. The SMILES string of the molecule is CC1CC(NC2CCCNC2=O)CC(C)O1. The minimum absolute atomic E-state index is 0.0104. The van der Waals surface area contributed by atoms with Gasteiger partial charge < -0.3 is 15.4 Å². The molecule has 0 aromatic rings. The Labute approximate surface area is 97.1 Å². The molecule has 2 fully saturated rings. The number of ether oxygens (including phenoxy) is 1. The maximum Gasteiger partial charge on any atom is 0.237 e. The lowest BCUT2D eigenvalue weighted by Crippen LogP contribution is -2.53. The monoisotopic (exact) mass is 226 g/mol. The maximum absolute atomic E-state index is 11.6. The van der Waals surface area contributed by atoms with E-state index in [1.165, 1.54) is 0 Å². The van der Waals surface area contributed by atoms with Crippen LogP contribution in [-0.2, 0) is 9.53 Å². The summed E-state index contributed by atoms with van der Waals surface area (Å²) in [6.07, 6.45) is 4.66. The van der Waals surface area contributed by atoms with Gasteiger partial charge in [-0.1, -0.05) is 0 Å². The van der Waals surface area contributed by atoms with Gasteiger partial charge in [-0.05, 0) is 39.5 Å². The van der Waals surface area contributed by atoms with E-state index in [4.69, 9.17) is 4.74 Å². The summed E-state index contributed by atoms with van der Waals surface area (Å²) in [7, 11) is 0. The van der Waals surface area contributed by atoms with Gasteiger partial charge in [-0.3, -0.25) is 4.79 Å². The second kappa shape index (κ2) is 5.15. The van der Waals surface area contributed by atoms with E-state index >= 15 is 0 Å². The van der Waals surface area contributed by atoms with Crippen molar-refractivity contribution in [1.82, 2.24) is 10.6 Å². The number of carbonyl (C=O) groups is 1. The number of nitrogens with one attached hydrogen (secondary N) is 2. The zero-order valence-corrected chi connectivity index (χ0v) is 10.2. The second-order valence-electron chi connectivity index (χ2n) is 5.08. The molecule has 2 N–H and O–H groups in total. The van der Waals surface area contributed by atoms with Crippen LogP contribution in [0, 0.1) is 0 Å². The Morgan fingerprint density at radius 2 is 2.00 bits per heavy atom. The first-order chi connectivity index (χ1) is 7.65. The van der Waals surface area contributed by atoms with Crippen LogP contribution in [0.3, 0.4) is 0 Å². The van der Waals surface area contributed by atoms with Crippen LogP contribution in [0.25, 0.3) is 0 Å². The fraction of sp³-hybridized carbons (Fsp3) is 0.917. The minimum Gasteiger partial charge on any atom is -0.375 e. The fourth-order valence-electron chi connectivity index (χ4n) is 2.76. The van der Waals surface area contributed by atoms with Crippen molar-refractivity contribution >= 4 is 5.91 Å². The van der Waals surface area contributed by atoms with Gasteiger partial charge in [0.05, 0.1) is 18.2 Å². The zero-order valence-electron chi connectivity index (χ0n) is 10.2. The van der Waals surface area contributed by atoms with Gasteiger partial charge in [-0.25, -0.2) is 0 Å². The molecule has 0 aromatic heterocycles. The van der Waals surface area contributed by atoms with Crippen molar-refractivity contribution in [3.05, 3.63) is 0 Å². The highest BCUT2D eigenvalue weighted by molar-refractivity contribution is 5.82. The van der Waals surface area contributed by atoms with E-state index in [9.17, 15) is 4.79 Å². The molecule has 2 aliphatic heterocycles. The van der Waals surface area contributed by atoms with E-state index in [1.54, 1.807) is 0 Å². The summed E-state index contributed by atoms with van der Waals surface area (Å²) in [5.41, 5.74) is 0. The summed E-state index contributed by atoms with van der Waals surface area (Å²) >= 11 is 0. The average Bonchev–Trinajstić information content (AvgIpc) is 2.20. The predicted molar refractivity (Wildman–Crippen MR) is 62.2 cm³/mol. The summed E-state index contributed by atoms with van der Waals surface area (Å²) < 4.78 is 5.69. The molecular weight excluding hydrogens is 204 g/mol. The van der Waals surface area contributed by atoms with Crippen LogP contribution in [0.4, 0.5) is 0 Å². The Bertz CT molecular complexity index is 247. The van der Waals surface area contributed by atoms with Crippen molar-refractivity contribution in [2.24, 2.45) is 0 Å². The second-order valence-corrected chi connectivity index (χ2v) is 5.08. The lowest BCUT2D eigenvalue weighted by atomic mass is 9.97. The van der Waals surface area contributed by atoms with Gasteiger partial charge in [-0.2, -0.15) is 0 Å². The third-order valence-corrected chi connectivity index (χ3v) is 3.42. The Balaban J connectivity index is 1.85. The van der Waals surface area contributed by atoms with Gasteiger partial charge >= 0.3 is 0 Å². The molecule has 3 unspecified atom stereocenters. The normalized spacial score (nSPS) is 40.5. The molecule has 0 bridgehead atoms. The van der Waals surface area contributed by atoms with Gasteiger partial charge in [0.15, 0.2) is 0 Å². The van der Waals surface area contributed by atoms with E-state index < -0.39 is 0 Å². The lowest BCUT2D eigenvalue weighted by molar-refractivity contribution is -0.125. The number of rotatable bonds is 2. The molecule has 3 atom stereocenters. The van der Waals surface area contributed by atoms with E-state index in [-0.39, 0.29) is 11.9 Å². The van der Waals surface area contributed by atoms with Crippen molar-refractivity contribution < 1.29 is 9.53 Å². The van der Waals surface area contributed by atoms with Crippen molar-refractivity contribution in [2.75, 3.05) is 6.54 Å². The van der Waals surface area contributed by atoms with Gasteiger partial charge in [0, 0.05) is 12.6 Å². The molecule has 92 valence electrons. The summed E-state index contributed by atoms with van der Waals surface area (Å²) in [6.45, 7) is 5.04. The van der Waals surface area contributed by atoms with Crippen LogP contribution in [0.5, 0.6) is 0 Å². The fourth-order valence-corrected chi connectivity index (χ4v) is 2.76. The number of hydrogen-bond donors (Lipinski definition) is 2. The first-order valence-corrected chi connectivity index (χ1v) is 6.34. The average molecular weight is 226 g/mol. The summed E-state index contributed by atoms with van der Waals surface area (Å²) in [6, 6.07) is 0.434. The molecule has 0 spiro atoms. The molecule has 4 nitrogen and oxygen atoms in total. The van der Waals surface area contributed by atoms with Crippen molar-refractivity contribution in [1.29, 1.82) is 0 Å². The summed E-state index contributed by atoms with van der Waals surface area (Å²) in [5, 5.41) is 6.39. The van der Waals surface area contributed by atoms with Crippen LogP contribution in [0.2, 0.25) is 0 Å². The molecule has 2 saturated heterocycles. The standard InChI is InChI=1S/C12H22N2O2/c1-8-6-10(7-9(2)16-8)14-11-4-3-5-13-12(11)15/h8-11,14H,3-7H2,1-2H3,(H,13,15). The number of amides is 1. The van der Waals surface area contributed by atoms with E-state index in [1.807, 2.05) is 0 Å². The predicted octanol–water partition coefficient (Wildman–Crippen LogP) is 0.811. The van der Waals surface area contributed by atoms with Crippen molar-refractivity contribution in [3.8, 4) is 0 Å². The Kier molecular flexibility index (Phi) is 3.82. The van der Waals surface area contributed by atoms with Gasteiger partial charge in [0.2, 0.25) is 5.91 Å². The Morgan fingerprint density at radius 1 is 1.31 bits per heavy atom. The molecule has 0 aliphatic carbocycles. The van der Waals surface area contributed by atoms with Crippen LogP contribution >= 0.6 is 0 Å². The third-order valence-electron chi connectivity index (χ3n) is 3.42. The summed E-state index contributed by atoms with van der Waals surface area (Å²) in [4.78, 5) is 11.6. The van der Waals surface area contributed by atoms with Crippen LogP contribution < -0.4 is 10.6 Å². The molecular formula is C12H22N2O2.